The summed E-state index contributed by atoms with van der Waals surface area (Å²) in [7, 11) is 1.76. The zero-order valence-electron chi connectivity index (χ0n) is 17.3. The lowest BCUT2D eigenvalue weighted by Gasteiger charge is -2.17. The van der Waals surface area contributed by atoms with Gasteiger partial charge >= 0.3 is 0 Å². The SMILES string of the molecule is Cn1ncc(NC(=O)c2csc(-c3ccc4cn[nH]c4c3)n2)c1[C@@H]1CC[C@@H](N)[C@H](F)CO1. The summed E-state index contributed by atoms with van der Waals surface area (Å²) in [5, 5.41) is 17.5. The van der Waals surface area contributed by atoms with Gasteiger partial charge in [0, 0.05) is 29.4 Å². The number of carbonyl (C=O) groups is 1. The number of ether oxygens (including phenoxy) is 1. The lowest BCUT2D eigenvalue weighted by atomic mass is 10.0. The topological polar surface area (TPSA) is 124 Å². The van der Waals surface area contributed by atoms with Crippen LogP contribution in [0.1, 0.15) is 35.1 Å². The quantitative estimate of drug-likeness (QED) is 0.434. The van der Waals surface area contributed by atoms with Crippen LogP contribution < -0.4 is 11.1 Å². The van der Waals surface area contributed by atoms with Gasteiger partial charge in [0.15, 0.2) is 0 Å². The van der Waals surface area contributed by atoms with Gasteiger partial charge in [-0.2, -0.15) is 10.2 Å². The zero-order chi connectivity index (χ0) is 22.2. The summed E-state index contributed by atoms with van der Waals surface area (Å²) in [5.41, 5.74) is 9.15. The van der Waals surface area contributed by atoms with E-state index in [-0.39, 0.29) is 12.5 Å². The van der Waals surface area contributed by atoms with E-state index >= 15 is 0 Å². The number of nitrogens with two attached hydrogens (primary N) is 1. The van der Waals surface area contributed by atoms with Crippen molar-refractivity contribution in [1.29, 1.82) is 0 Å². The van der Waals surface area contributed by atoms with Crippen molar-refractivity contribution in [2.45, 2.75) is 31.2 Å². The molecule has 0 radical (unpaired) electrons. The molecular formula is C21H22FN7O2S. The van der Waals surface area contributed by atoms with E-state index in [1.165, 1.54) is 11.3 Å². The van der Waals surface area contributed by atoms with Gasteiger partial charge in [0.25, 0.3) is 5.91 Å². The number of aromatic amines is 1. The third kappa shape index (κ3) is 3.90. The van der Waals surface area contributed by atoms with Crippen LogP contribution in [0.2, 0.25) is 0 Å². The number of nitrogens with one attached hydrogen (secondary N) is 2. The van der Waals surface area contributed by atoms with E-state index in [2.05, 4.69) is 25.6 Å². The Morgan fingerprint density at radius 1 is 1.38 bits per heavy atom. The highest BCUT2D eigenvalue weighted by molar-refractivity contribution is 7.13. The summed E-state index contributed by atoms with van der Waals surface area (Å²) in [5.74, 6) is -0.349. The van der Waals surface area contributed by atoms with E-state index in [4.69, 9.17) is 10.5 Å². The molecular weight excluding hydrogens is 433 g/mol. The molecule has 0 saturated carbocycles. The molecule has 5 rings (SSSR count). The number of hydrogen-bond acceptors (Lipinski definition) is 7. The van der Waals surface area contributed by atoms with Crippen molar-refractivity contribution in [3.8, 4) is 10.6 Å². The van der Waals surface area contributed by atoms with Gasteiger partial charge < -0.3 is 15.8 Å². The van der Waals surface area contributed by atoms with Gasteiger partial charge in [0.1, 0.15) is 23.0 Å². The second-order valence-corrected chi connectivity index (χ2v) is 8.67. The number of fused-ring (bicyclic) bond motifs is 1. The minimum Gasteiger partial charge on any atom is -0.369 e. The first-order chi connectivity index (χ1) is 15.5. The number of rotatable bonds is 4. The molecule has 0 spiro atoms. The first-order valence-electron chi connectivity index (χ1n) is 10.2. The average molecular weight is 456 g/mol. The molecule has 4 aromatic rings. The Morgan fingerprint density at radius 2 is 2.25 bits per heavy atom. The molecule has 0 aliphatic carbocycles. The number of alkyl halides is 1. The van der Waals surface area contributed by atoms with Crippen molar-refractivity contribution in [1.82, 2.24) is 25.0 Å². The van der Waals surface area contributed by atoms with Crippen LogP contribution in [-0.2, 0) is 11.8 Å². The minimum atomic E-state index is -1.21. The number of amides is 1. The zero-order valence-corrected chi connectivity index (χ0v) is 18.1. The Balaban J connectivity index is 1.35. The fourth-order valence-corrected chi connectivity index (χ4v) is 4.64. The molecule has 3 aromatic heterocycles. The van der Waals surface area contributed by atoms with E-state index in [0.717, 1.165) is 21.5 Å². The molecule has 11 heteroatoms. The van der Waals surface area contributed by atoms with Gasteiger partial charge in [-0.05, 0) is 18.9 Å². The summed E-state index contributed by atoms with van der Waals surface area (Å²) in [6.45, 7) is -0.0828. The Hall–Kier alpha value is -3.15. The molecule has 0 bridgehead atoms. The predicted molar refractivity (Wildman–Crippen MR) is 119 cm³/mol. The lowest BCUT2D eigenvalue weighted by molar-refractivity contribution is 0.0247. The fraction of sp³-hybridized carbons (Fsp3) is 0.333. The lowest BCUT2D eigenvalue weighted by Crippen LogP contribution is -2.32. The van der Waals surface area contributed by atoms with E-state index in [1.54, 1.807) is 29.5 Å². The number of hydrogen-bond donors (Lipinski definition) is 3. The number of nitrogens with zero attached hydrogens (tertiary/aromatic N) is 4. The highest BCUT2D eigenvalue weighted by atomic mass is 32.1. The van der Waals surface area contributed by atoms with E-state index < -0.39 is 18.3 Å². The standard InChI is InChI=1S/C21H22FN7O2S/c1-29-19(18-5-4-14(23)13(22)9-31-18)16(8-25-29)26-20(30)17-10-32-21(27-17)11-2-3-12-7-24-28-15(12)6-11/h2-3,6-8,10,13-14,18H,4-5,9,23H2,1H3,(H,24,28)(H,26,30)/t13-,14-,18+/m1/s1. The molecule has 4 N–H and O–H groups in total. The van der Waals surface area contributed by atoms with Crippen LogP contribution in [0.15, 0.2) is 36.0 Å². The van der Waals surface area contributed by atoms with Crippen LogP contribution in [0.25, 0.3) is 21.5 Å². The maximum atomic E-state index is 13.9. The van der Waals surface area contributed by atoms with Gasteiger partial charge in [0.2, 0.25) is 0 Å². The molecule has 1 saturated heterocycles. The summed E-state index contributed by atoms with van der Waals surface area (Å²) in [6.07, 6.45) is 2.73. The van der Waals surface area contributed by atoms with Crippen LogP contribution in [0.5, 0.6) is 0 Å². The second kappa shape index (κ2) is 8.41. The van der Waals surface area contributed by atoms with Crippen LogP contribution >= 0.6 is 11.3 Å². The number of carbonyl (C=O) groups excluding carboxylic acids is 1. The van der Waals surface area contributed by atoms with Gasteiger partial charge in [-0.15, -0.1) is 11.3 Å². The van der Waals surface area contributed by atoms with Crippen molar-refractivity contribution in [2.75, 3.05) is 11.9 Å². The number of H-pyrrole nitrogens is 1. The van der Waals surface area contributed by atoms with Crippen LogP contribution in [-0.4, -0.2) is 49.7 Å². The third-order valence-corrected chi connectivity index (χ3v) is 6.54. The third-order valence-electron chi connectivity index (χ3n) is 5.65. The van der Waals surface area contributed by atoms with Crippen LogP contribution in [0.3, 0.4) is 0 Å². The molecule has 9 nitrogen and oxygen atoms in total. The van der Waals surface area contributed by atoms with Crippen LogP contribution in [0.4, 0.5) is 10.1 Å². The van der Waals surface area contributed by atoms with E-state index in [0.29, 0.717) is 29.9 Å². The number of halogens is 1. The summed E-state index contributed by atoms with van der Waals surface area (Å²) < 4.78 is 21.3. The normalized spacial score (nSPS) is 21.5. The van der Waals surface area contributed by atoms with Crippen molar-refractivity contribution in [2.24, 2.45) is 12.8 Å². The smallest absolute Gasteiger partial charge is 0.275 e. The van der Waals surface area contributed by atoms with Crippen LogP contribution in [0, 0.1) is 0 Å². The Bertz CT molecular complexity index is 1250. The van der Waals surface area contributed by atoms with Crippen molar-refractivity contribution < 1.29 is 13.9 Å². The second-order valence-electron chi connectivity index (χ2n) is 7.81. The molecule has 0 unspecified atom stereocenters. The van der Waals surface area contributed by atoms with Gasteiger partial charge in [-0.25, -0.2) is 9.37 Å². The molecule has 1 fully saturated rings. The highest BCUT2D eigenvalue weighted by Gasteiger charge is 2.30. The van der Waals surface area contributed by atoms with Gasteiger partial charge in [-0.1, -0.05) is 12.1 Å². The Kier molecular flexibility index (Phi) is 5.45. The van der Waals surface area contributed by atoms with Crippen molar-refractivity contribution in [3.05, 3.63) is 47.4 Å². The Labute approximate surface area is 186 Å². The Morgan fingerprint density at radius 3 is 3.12 bits per heavy atom. The minimum absolute atomic E-state index is 0.0828. The number of thiazole rings is 1. The number of anilines is 1. The molecule has 3 atom stereocenters. The largest absolute Gasteiger partial charge is 0.369 e. The van der Waals surface area contributed by atoms with Crippen molar-refractivity contribution in [3.63, 3.8) is 0 Å². The fourth-order valence-electron chi connectivity index (χ4n) is 3.85. The van der Waals surface area contributed by atoms with Gasteiger partial charge in [0.05, 0.1) is 35.9 Å². The predicted octanol–water partition coefficient (Wildman–Crippen LogP) is 3.19. The molecule has 166 valence electrons. The summed E-state index contributed by atoms with van der Waals surface area (Å²) in [6, 6.07) is 5.30. The molecule has 1 aliphatic heterocycles. The maximum Gasteiger partial charge on any atom is 0.275 e. The number of aromatic nitrogens is 5. The van der Waals surface area contributed by atoms with Gasteiger partial charge in [-0.3, -0.25) is 14.6 Å². The first kappa shape index (κ1) is 20.7. The number of aryl methyl sites for hydroxylation is 1. The van der Waals surface area contributed by atoms with Crippen molar-refractivity contribution >= 4 is 33.8 Å². The molecule has 1 aromatic carbocycles. The monoisotopic (exact) mass is 455 g/mol. The average Bonchev–Trinajstić information content (AvgIpc) is 3.51. The summed E-state index contributed by atoms with van der Waals surface area (Å²) in [4.78, 5) is 17.4. The molecule has 1 amide bonds. The number of benzene rings is 1. The molecule has 32 heavy (non-hydrogen) atoms. The molecule has 1 aliphatic rings. The highest BCUT2D eigenvalue weighted by Crippen LogP contribution is 2.33. The summed E-state index contributed by atoms with van der Waals surface area (Å²) >= 11 is 1.39. The van der Waals surface area contributed by atoms with E-state index in [1.807, 2.05) is 18.2 Å². The van der Waals surface area contributed by atoms with E-state index in [9.17, 15) is 9.18 Å². The first-order valence-corrected chi connectivity index (χ1v) is 11.1. The molecule has 4 heterocycles. The maximum absolute atomic E-state index is 13.9.